The predicted molar refractivity (Wildman–Crippen MR) is 96.3 cm³/mol. The molecule has 0 saturated carbocycles. The number of aryl methyl sites for hydroxylation is 2. The zero-order valence-electron chi connectivity index (χ0n) is 14.2. The maximum absolute atomic E-state index is 10.6. The summed E-state index contributed by atoms with van der Waals surface area (Å²) in [5.41, 5.74) is 9.46. The number of rotatable bonds is 6. The molecule has 26 heavy (non-hydrogen) atoms. The number of carbonyl (C=O) groups is 1. The lowest BCUT2D eigenvalue weighted by atomic mass is 10.0. The Morgan fingerprint density at radius 2 is 2.08 bits per heavy atom. The molecule has 132 valence electrons. The molecular weight excluding hydrogens is 332 g/mol. The molecule has 8 heteroatoms. The van der Waals surface area contributed by atoms with Gasteiger partial charge in [-0.25, -0.2) is 4.98 Å². The van der Waals surface area contributed by atoms with E-state index in [-0.39, 0.29) is 12.3 Å². The van der Waals surface area contributed by atoms with E-state index in [0.717, 1.165) is 11.1 Å². The molecule has 2 heterocycles. The number of nitrogens with zero attached hydrogens (tertiary/aromatic N) is 4. The molecule has 0 fully saturated rings. The van der Waals surface area contributed by atoms with Gasteiger partial charge in [0.15, 0.2) is 5.82 Å². The quantitative estimate of drug-likeness (QED) is 0.460. The lowest BCUT2D eigenvalue weighted by Gasteiger charge is -2.08. The lowest BCUT2D eigenvalue weighted by Crippen LogP contribution is -2.11. The highest BCUT2D eigenvalue weighted by molar-refractivity contribution is 5.95. The summed E-state index contributed by atoms with van der Waals surface area (Å²) in [5, 5.41) is 24.7. The van der Waals surface area contributed by atoms with E-state index in [9.17, 15) is 4.79 Å². The summed E-state index contributed by atoms with van der Waals surface area (Å²) >= 11 is 0. The van der Waals surface area contributed by atoms with Crippen molar-refractivity contribution < 1.29 is 9.90 Å². The van der Waals surface area contributed by atoms with E-state index < -0.39 is 5.97 Å². The molecule has 3 aromatic rings. The SMILES string of the molecule is Cc1cc(C(=N)N)ccc1-c1ccc(-n2cnc(CCC(=O)O)c2)nn1. The minimum Gasteiger partial charge on any atom is -0.481 e. The number of hydrogen-bond acceptors (Lipinski definition) is 5. The van der Waals surface area contributed by atoms with Gasteiger partial charge in [0.1, 0.15) is 12.2 Å². The van der Waals surface area contributed by atoms with Crippen LogP contribution in [0.3, 0.4) is 0 Å². The van der Waals surface area contributed by atoms with Crippen LogP contribution < -0.4 is 5.73 Å². The summed E-state index contributed by atoms with van der Waals surface area (Å²) in [5.74, 6) is -0.226. The van der Waals surface area contributed by atoms with Crippen molar-refractivity contribution in [3.05, 3.63) is 59.7 Å². The molecule has 4 N–H and O–H groups in total. The molecule has 0 saturated heterocycles. The van der Waals surface area contributed by atoms with Crippen molar-refractivity contribution in [1.29, 1.82) is 5.41 Å². The summed E-state index contributed by atoms with van der Waals surface area (Å²) in [6.45, 7) is 1.93. The zero-order chi connectivity index (χ0) is 18.7. The van der Waals surface area contributed by atoms with Crippen LogP contribution in [0.15, 0.2) is 42.9 Å². The second kappa shape index (κ2) is 7.14. The Balaban J connectivity index is 1.81. The van der Waals surface area contributed by atoms with Crippen LogP contribution in [0.4, 0.5) is 0 Å². The van der Waals surface area contributed by atoms with Gasteiger partial charge in [-0.15, -0.1) is 10.2 Å². The average Bonchev–Trinajstić information content (AvgIpc) is 3.09. The van der Waals surface area contributed by atoms with E-state index in [1.165, 1.54) is 0 Å². The molecule has 8 nitrogen and oxygen atoms in total. The second-order valence-corrected chi connectivity index (χ2v) is 5.89. The van der Waals surface area contributed by atoms with Crippen LogP contribution in [-0.2, 0) is 11.2 Å². The Morgan fingerprint density at radius 1 is 1.27 bits per heavy atom. The van der Waals surface area contributed by atoms with E-state index in [2.05, 4.69) is 15.2 Å². The molecule has 0 aliphatic heterocycles. The molecule has 3 rings (SSSR count). The fourth-order valence-electron chi connectivity index (χ4n) is 2.58. The topological polar surface area (TPSA) is 131 Å². The number of nitrogen functional groups attached to an aromatic ring is 1. The van der Waals surface area contributed by atoms with E-state index in [4.69, 9.17) is 16.2 Å². The highest BCUT2D eigenvalue weighted by atomic mass is 16.4. The molecule has 0 spiro atoms. The zero-order valence-corrected chi connectivity index (χ0v) is 14.2. The normalized spacial score (nSPS) is 10.7. The molecule has 0 radical (unpaired) electrons. The number of aliphatic carboxylic acids is 1. The molecule has 0 aliphatic rings. The first-order valence-corrected chi connectivity index (χ1v) is 7.98. The van der Waals surface area contributed by atoms with Gasteiger partial charge in [0.2, 0.25) is 0 Å². The summed E-state index contributed by atoms with van der Waals surface area (Å²) in [6, 6.07) is 9.18. The highest BCUT2D eigenvalue weighted by Gasteiger charge is 2.09. The number of hydrogen-bond donors (Lipinski definition) is 3. The first-order valence-electron chi connectivity index (χ1n) is 7.98. The molecule has 2 aromatic heterocycles. The molecule has 0 bridgehead atoms. The monoisotopic (exact) mass is 350 g/mol. The van der Waals surface area contributed by atoms with E-state index in [1.807, 2.05) is 31.2 Å². The van der Waals surface area contributed by atoms with Crippen molar-refractivity contribution in [2.24, 2.45) is 5.73 Å². The standard InChI is InChI=1S/C18H18N6O2/c1-11-8-12(18(19)20)2-4-14(11)15-5-6-16(23-22-15)24-9-13(21-10-24)3-7-17(25)26/h2,4-6,8-10H,3,7H2,1H3,(H3,19,20)(H,25,26). The van der Waals surface area contributed by atoms with Gasteiger partial charge in [0, 0.05) is 23.7 Å². The first kappa shape index (κ1) is 17.3. The van der Waals surface area contributed by atoms with E-state index in [0.29, 0.717) is 29.2 Å². The Bertz CT molecular complexity index is 962. The number of amidine groups is 1. The van der Waals surface area contributed by atoms with E-state index >= 15 is 0 Å². The Hall–Kier alpha value is -3.55. The van der Waals surface area contributed by atoms with Crippen molar-refractivity contribution in [2.75, 3.05) is 0 Å². The van der Waals surface area contributed by atoms with Crippen LogP contribution in [0.2, 0.25) is 0 Å². The lowest BCUT2D eigenvalue weighted by molar-refractivity contribution is -0.136. The number of imidazole rings is 1. The van der Waals surface area contributed by atoms with Gasteiger partial charge in [0.05, 0.1) is 17.8 Å². The maximum Gasteiger partial charge on any atom is 0.303 e. The predicted octanol–water partition coefficient (Wildman–Crippen LogP) is 1.94. The van der Waals surface area contributed by atoms with Crippen LogP contribution in [0.25, 0.3) is 17.1 Å². The number of nitrogens with one attached hydrogen (secondary N) is 1. The maximum atomic E-state index is 10.6. The molecule has 0 unspecified atom stereocenters. The van der Waals surface area contributed by atoms with Gasteiger partial charge in [-0.2, -0.15) is 0 Å². The molecule has 0 aliphatic carbocycles. The average molecular weight is 350 g/mol. The smallest absolute Gasteiger partial charge is 0.303 e. The van der Waals surface area contributed by atoms with Gasteiger partial charge < -0.3 is 10.8 Å². The van der Waals surface area contributed by atoms with Gasteiger partial charge >= 0.3 is 5.97 Å². The Kier molecular flexibility index (Phi) is 4.74. The first-order chi connectivity index (χ1) is 12.4. The third-order valence-corrected chi connectivity index (χ3v) is 3.96. The fraction of sp³-hybridized carbons (Fsp3) is 0.167. The second-order valence-electron chi connectivity index (χ2n) is 5.89. The van der Waals surface area contributed by atoms with Gasteiger partial charge in [-0.3, -0.25) is 14.8 Å². The molecule has 0 atom stereocenters. The fourth-order valence-corrected chi connectivity index (χ4v) is 2.58. The number of carboxylic acid groups (broad SMARTS) is 1. The van der Waals surface area contributed by atoms with Crippen LogP contribution in [0.1, 0.15) is 23.2 Å². The Labute approximate surface area is 149 Å². The summed E-state index contributed by atoms with van der Waals surface area (Å²) < 4.78 is 1.71. The summed E-state index contributed by atoms with van der Waals surface area (Å²) in [7, 11) is 0. The number of carboxylic acids is 1. The molecular formula is C18H18N6O2. The minimum atomic E-state index is -0.852. The van der Waals surface area contributed by atoms with Gasteiger partial charge in [-0.1, -0.05) is 12.1 Å². The van der Waals surface area contributed by atoms with Crippen LogP contribution >= 0.6 is 0 Å². The van der Waals surface area contributed by atoms with Crippen LogP contribution in [-0.4, -0.2) is 36.7 Å². The number of aromatic nitrogens is 4. The van der Waals surface area contributed by atoms with Crippen molar-refractivity contribution in [3.63, 3.8) is 0 Å². The molecule has 0 amide bonds. The molecule has 1 aromatic carbocycles. The minimum absolute atomic E-state index is 0.0277. The third kappa shape index (κ3) is 3.75. The van der Waals surface area contributed by atoms with Crippen molar-refractivity contribution in [2.45, 2.75) is 19.8 Å². The van der Waals surface area contributed by atoms with Crippen molar-refractivity contribution >= 4 is 11.8 Å². The van der Waals surface area contributed by atoms with Crippen LogP contribution in [0, 0.1) is 12.3 Å². The largest absolute Gasteiger partial charge is 0.481 e. The third-order valence-electron chi connectivity index (χ3n) is 3.96. The van der Waals surface area contributed by atoms with Crippen LogP contribution in [0.5, 0.6) is 0 Å². The van der Waals surface area contributed by atoms with E-state index in [1.54, 1.807) is 23.2 Å². The van der Waals surface area contributed by atoms with Gasteiger partial charge in [-0.05, 0) is 30.7 Å². The number of benzene rings is 1. The van der Waals surface area contributed by atoms with Crippen molar-refractivity contribution in [3.8, 4) is 17.1 Å². The highest BCUT2D eigenvalue weighted by Crippen LogP contribution is 2.22. The number of nitrogens with two attached hydrogens (primary N) is 1. The Morgan fingerprint density at radius 3 is 2.69 bits per heavy atom. The van der Waals surface area contributed by atoms with Gasteiger partial charge in [0.25, 0.3) is 0 Å². The summed E-state index contributed by atoms with van der Waals surface area (Å²) in [6.07, 6.45) is 3.75. The summed E-state index contributed by atoms with van der Waals surface area (Å²) in [4.78, 5) is 14.8. The van der Waals surface area contributed by atoms with Crippen molar-refractivity contribution in [1.82, 2.24) is 19.7 Å².